The molecular weight excluding hydrogens is 294 g/mol. The van der Waals surface area contributed by atoms with Crippen LogP contribution in [0, 0.1) is 0 Å². The number of benzene rings is 2. The molecule has 0 aliphatic carbocycles. The third-order valence-corrected chi connectivity index (χ3v) is 4.10. The molecule has 0 unspecified atom stereocenters. The molecule has 5 heteroatoms. The molecule has 0 heterocycles. The fourth-order valence-electron chi connectivity index (χ4n) is 1.65. The summed E-state index contributed by atoms with van der Waals surface area (Å²) < 4.78 is 0. The topological polar surface area (TPSA) is 49.3 Å². The summed E-state index contributed by atoms with van der Waals surface area (Å²) in [6.07, 6.45) is 0. The molecule has 2 N–H and O–H groups in total. The van der Waals surface area contributed by atoms with Gasteiger partial charge < -0.3 is 10.4 Å². The normalized spacial score (nSPS) is 10.3. The summed E-state index contributed by atoms with van der Waals surface area (Å²) >= 11 is 7.42. The summed E-state index contributed by atoms with van der Waals surface area (Å²) in [7, 11) is 0. The van der Waals surface area contributed by atoms with Gasteiger partial charge in [-0.1, -0.05) is 35.9 Å². The lowest BCUT2D eigenvalue weighted by atomic mass is 10.2. The zero-order valence-electron chi connectivity index (χ0n) is 10.7. The number of nitrogens with one attached hydrogen (secondary N) is 1. The van der Waals surface area contributed by atoms with E-state index in [9.17, 15) is 4.79 Å². The van der Waals surface area contributed by atoms with E-state index in [0.717, 1.165) is 10.5 Å². The SMILES string of the molecule is O=C(CSc1ccccc1Cl)Nc1cccc(CO)c1. The molecule has 2 aromatic carbocycles. The van der Waals surface area contributed by atoms with Crippen LogP contribution < -0.4 is 5.32 Å². The quantitative estimate of drug-likeness (QED) is 0.830. The average Bonchev–Trinajstić information content (AvgIpc) is 2.46. The molecule has 104 valence electrons. The lowest BCUT2D eigenvalue weighted by molar-refractivity contribution is -0.113. The second-order valence-corrected chi connectivity index (χ2v) is 5.55. The van der Waals surface area contributed by atoms with Crippen molar-refractivity contribution in [2.24, 2.45) is 0 Å². The molecule has 0 aliphatic heterocycles. The standard InChI is InChI=1S/C15H14ClNO2S/c16-13-6-1-2-7-14(13)20-10-15(19)17-12-5-3-4-11(8-12)9-18/h1-8,18H,9-10H2,(H,17,19). The van der Waals surface area contributed by atoms with E-state index in [-0.39, 0.29) is 18.3 Å². The molecule has 0 saturated heterocycles. The monoisotopic (exact) mass is 307 g/mol. The molecule has 0 radical (unpaired) electrons. The maximum absolute atomic E-state index is 11.9. The summed E-state index contributed by atoms with van der Waals surface area (Å²) in [5.41, 5.74) is 1.45. The zero-order valence-corrected chi connectivity index (χ0v) is 12.2. The van der Waals surface area contributed by atoms with Crippen LogP contribution in [0.15, 0.2) is 53.4 Å². The van der Waals surface area contributed by atoms with E-state index in [2.05, 4.69) is 5.32 Å². The molecule has 2 rings (SSSR count). The van der Waals surface area contributed by atoms with Gasteiger partial charge in [-0.3, -0.25) is 4.79 Å². The minimum atomic E-state index is -0.106. The minimum Gasteiger partial charge on any atom is -0.392 e. The van der Waals surface area contributed by atoms with E-state index in [1.807, 2.05) is 18.2 Å². The van der Waals surface area contributed by atoms with E-state index < -0.39 is 0 Å². The van der Waals surface area contributed by atoms with Crippen LogP contribution in [-0.2, 0) is 11.4 Å². The van der Waals surface area contributed by atoms with Gasteiger partial charge in [-0.15, -0.1) is 11.8 Å². The van der Waals surface area contributed by atoms with Gasteiger partial charge in [0, 0.05) is 10.6 Å². The zero-order chi connectivity index (χ0) is 14.4. The Morgan fingerprint density at radius 1 is 1.20 bits per heavy atom. The first-order valence-electron chi connectivity index (χ1n) is 6.06. The van der Waals surface area contributed by atoms with Crippen molar-refractivity contribution in [1.82, 2.24) is 0 Å². The number of anilines is 1. The van der Waals surface area contributed by atoms with E-state index in [1.54, 1.807) is 30.3 Å². The van der Waals surface area contributed by atoms with Crippen molar-refractivity contribution in [1.29, 1.82) is 0 Å². The first-order chi connectivity index (χ1) is 9.69. The molecule has 0 spiro atoms. The number of aliphatic hydroxyl groups is 1. The van der Waals surface area contributed by atoms with Gasteiger partial charge in [-0.25, -0.2) is 0 Å². The number of amides is 1. The molecule has 20 heavy (non-hydrogen) atoms. The highest BCUT2D eigenvalue weighted by molar-refractivity contribution is 8.00. The summed E-state index contributed by atoms with van der Waals surface area (Å²) in [4.78, 5) is 12.7. The molecule has 1 amide bonds. The Hall–Kier alpha value is -1.49. The van der Waals surface area contributed by atoms with E-state index >= 15 is 0 Å². The van der Waals surface area contributed by atoms with Crippen molar-refractivity contribution >= 4 is 35.0 Å². The summed E-state index contributed by atoms with van der Waals surface area (Å²) in [6, 6.07) is 14.6. The molecule has 0 bridgehead atoms. The Labute approximate surface area is 127 Å². The number of thioether (sulfide) groups is 1. The smallest absolute Gasteiger partial charge is 0.234 e. The lowest BCUT2D eigenvalue weighted by Gasteiger charge is -2.07. The van der Waals surface area contributed by atoms with Crippen molar-refractivity contribution in [3.8, 4) is 0 Å². The molecule has 0 atom stereocenters. The van der Waals surface area contributed by atoms with Crippen LogP contribution >= 0.6 is 23.4 Å². The molecule has 3 nitrogen and oxygen atoms in total. The predicted octanol–water partition coefficient (Wildman–Crippen LogP) is 3.56. The van der Waals surface area contributed by atoms with Gasteiger partial charge in [0.15, 0.2) is 0 Å². The number of rotatable bonds is 5. The van der Waals surface area contributed by atoms with Gasteiger partial charge in [-0.05, 0) is 29.8 Å². The van der Waals surface area contributed by atoms with Gasteiger partial charge in [0.05, 0.1) is 17.4 Å². The number of halogens is 1. The van der Waals surface area contributed by atoms with E-state index in [0.29, 0.717) is 10.7 Å². The van der Waals surface area contributed by atoms with Crippen LogP contribution in [-0.4, -0.2) is 16.8 Å². The Balaban J connectivity index is 1.91. The number of aliphatic hydroxyl groups excluding tert-OH is 1. The Morgan fingerprint density at radius 3 is 2.75 bits per heavy atom. The lowest BCUT2D eigenvalue weighted by Crippen LogP contribution is -2.14. The van der Waals surface area contributed by atoms with Gasteiger partial charge in [0.2, 0.25) is 5.91 Å². The second kappa shape index (κ2) is 7.33. The summed E-state index contributed by atoms with van der Waals surface area (Å²) in [5.74, 6) is 0.178. The molecule has 0 aromatic heterocycles. The highest BCUT2D eigenvalue weighted by atomic mass is 35.5. The fraction of sp³-hybridized carbons (Fsp3) is 0.133. The largest absolute Gasteiger partial charge is 0.392 e. The Bertz CT molecular complexity index is 604. The van der Waals surface area contributed by atoms with Crippen LogP contribution in [0.3, 0.4) is 0 Å². The Kier molecular flexibility index (Phi) is 5.47. The highest BCUT2D eigenvalue weighted by Crippen LogP contribution is 2.26. The van der Waals surface area contributed by atoms with Crippen LogP contribution in [0.1, 0.15) is 5.56 Å². The third kappa shape index (κ3) is 4.27. The number of hydrogen-bond acceptors (Lipinski definition) is 3. The Morgan fingerprint density at radius 2 is 2.00 bits per heavy atom. The van der Waals surface area contributed by atoms with Crippen molar-refractivity contribution in [2.75, 3.05) is 11.1 Å². The molecular formula is C15H14ClNO2S. The maximum Gasteiger partial charge on any atom is 0.234 e. The number of hydrogen-bond donors (Lipinski definition) is 2. The third-order valence-electron chi connectivity index (χ3n) is 2.59. The summed E-state index contributed by atoms with van der Waals surface area (Å²) in [5, 5.41) is 12.5. The van der Waals surface area contributed by atoms with Crippen molar-refractivity contribution in [3.63, 3.8) is 0 Å². The van der Waals surface area contributed by atoms with Gasteiger partial charge in [0.25, 0.3) is 0 Å². The van der Waals surface area contributed by atoms with Crippen molar-refractivity contribution in [3.05, 3.63) is 59.1 Å². The van der Waals surface area contributed by atoms with E-state index in [1.165, 1.54) is 11.8 Å². The van der Waals surface area contributed by atoms with Crippen LogP contribution in [0.2, 0.25) is 5.02 Å². The average molecular weight is 308 g/mol. The minimum absolute atomic E-state index is 0.0436. The first-order valence-corrected chi connectivity index (χ1v) is 7.42. The summed E-state index contributed by atoms with van der Waals surface area (Å²) in [6.45, 7) is -0.0436. The van der Waals surface area contributed by atoms with Gasteiger partial charge in [0.1, 0.15) is 0 Å². The molecule has 0 saturated carbocycles. The van der Waals surface area contributed by atoms with Crippen molar-refractivity contribution < 1.29 is 9.90 Å². The second-order valence-electron chi connectivity index (χ2n) is 4.13. The van der Waals surface area contributed by atoms with Crippen LogP contribution in [0.5, 0.6) is 0 Å². The number of carbonyl (C=O) groups is 1. The molecule has 2 aromatic rings. The van der Waals surface area contributed by atoms with E-state index in [4.69, 9.17) is 16.7 Å². The van der Waals surface area contributed by atoms with Crippen LogP contribution in [0.4, 0.5) is 5.69 Å². The molecule has 0 fully saturated rings. The fourth-order valence-corrected chi connectivity index (χ4v) is 2.69. The highest BCUT2D eigenvalue weighted by Gasteiger charge is 2.06. The first kappa shape index (κ1) is 14.9. The molecule has 0 aliphatic rings. The van der Waals surface area contributed by atoms with Gasteiger partial charge in [-0.2, -0.15) is 0 Å². The predicted molar refractivity (Wildman–Crippen MR) is 83.2 cm³/mol. The van der Waals surface area contributed by atoms with Crippen molar-refractivity contribution in [2.45, 2.75) is 11.5 Å². The maximum atomic E-state index is 11.9. The van der Waals surface area contributed by atoms with Gasteiger partial charge >= 0.3 is 0 Å². The number of carbonyl (C=O) groups excluding carboxylic acids is 1. The van der Waals surface area contributed by atoms with Crippen LogP contribution in [0.25, 0.3) is 0 Å².